The molecule has 1 amide bonds. The second-order valence-corrected chi connectivity index (χ2v) is 8.04. The first kappa shape index (κ1) is 17.8. The number of nitrogens with zero attached hydrogens (tertiary/aromatic N) is 2. The molecular weight excluding hydrogens is 374 g/mol. The Balaban J connectivity index is 1.66. The van der Waals surface area contributed by atoms with Gasteiger partial charge in [-0.2, -0.15) is 5.01 Å². The number of thioether (sulfide) groups is 1. The summed E-state index contributed by atoms with van der Waals surface area (Å²) >= 11 is 3.03. The van der Waals surface area contributed by atoms with Crippen LogP contribution in [0.15, 0.2) is 77.1 Å². The Bertz CT molecular complexity index is 985. The standard InChI is InChI=1S/C21H19N3OS2/c1-21(18-13-16(14-27-18)15-9-5-3-6-10-15)19(25)24(20(22-21)26-2)23-17-11-7-4-8-12-17/h3-14,23H,1-2H3. The normalized spacial score (nSPS) is 19.3. The number of benzene rings is 2. The largest absolute Gasteiger partial charge is 0.289 e. The molecular formula is C21H19N3OS2. The third-order valence-corrected chi connectivity index (χ3v) is 6.29. The summed E-state index contributed by atoms with van der Waals surface area (Å²) in [6.45, 7) is 1.89. The monoisotopic (exact) mass is 393 g/mol. The summed E-state index contributed by atoms with van der Waals surface area (Å²) in [5, 5.41) is 4.31. The molecule has 0 bridgehead atoms. The minimum Gasteiger partial charge on any atom is -0.289 e. The van der Waals surface area contributed by atoms with E-state index in [0.29, 0.717) is 5.17 Å². The van der Waals surface area contributed by atoms with Crippen LogP contribution in [0, 0.1) is 0 Å². The number of rotatable bonds is 4. The maximum absolute atomic E-state index is 13.3. The molecule has 27 heavy (non-hydrogen) atoms. The number of amides is 1. The van der Waals surface area contributed by atoms with E-state index in [9.17, 15) is 4.79 Å². The van der Waals surface area contributed by atoms with Crippen molar-refractivity contribution in [3.63, 3.8) is 0 Å². The van der Waals surface area contributed by atoms with Crippen molar-refractivity contribution in [1.29, 1.82) is 0 Å². The molecule has 1 atom stereocenters. The maximum atomic E-state index is 13.3. The summed E-state index contributed by atoms with van der Waals surface area (Å²) in [4.78, 5) is 19.0. The highest BCUT2D eigenvalue weighted by molar-refractivity contribution is 8.13. The lowest BCUT2D eigenvalue weighted by Gasteiger charge is -2.23. The van der Waals surface area contributed by atoms with Crippen molar-refractivity contribution >= 4 is 39.9 Å². The Labute approximate surface area is 166 Å². The topological polar surface area (TPSA) is 44.7 Å². The van der Waals surface area contributed by atoms with Gasteiger partial charge in [0.1, 0.15) is 0 Å². The molecule has 0 saturated heterocycles. The van der Waals surface area contributed by atoms with Gasteiger partial charge in [0.05, 0.1) is 5.69 Å². The fourth-order valence-corrected chi connectivity index (χ4v) is 4.61. The molecule has 2 heterocycles. The molecule has 0 saturated carbocycles. The number of hydrogen-bond acceptors (Lipinski definition) is 5. The molecule has 0 fully saturated rings. The number of para-hydroxylation sites is 1. The SMILES string of the molecule is CSC1=NC(C)(c2cc(-c3ccccc3)cs2)C(=O)N1Nc1ccccc1. The molecule has 2 aromatic carbocycles. The van der Waals surface area contributed by atoms with Crippen molar-refractivity contribution in [2.45, 2.75) is 12.5 Å². The van der Waals surface area contributed by atoms with E-state index < -0.39 is 5.54 Å². The fraction of sp³-hybridized carbons (Fsp3) is 0.143. The van der Waals surface area contributed by atoms with E-state index in [2.05, 4.69) is 29.0 Å². The smallest absolute Gasteiger partial charge is 0.280 e. The van der Waals surface area contributed by atoms with E-state index in [1.807, 2.05) is 61.7 Å². The van der Waals surface area contributed by atoms with Crippen LogP contribution in [-0.4, -0.2) is 22.3 Å². The predicted molar refractivity (Wildman–Crippen MR) is 115 cm³/mol. The molecule has 1 aliphatic heterocycles. The van der Waals surface area contributed by atoms with Gasteiger partial charge < -0.3 is 0 Å². The fourth-order valence-electron chi connectivity index (χ4n) is 3.00. The molecule has 0 radical (unpaired) electrons. The molecule has 136 valence electrons. The summed E-state index contributed by atoms with van der Waals surface area (Å²) in [5.41, 5.74) is 5.38. The van der Waals surface area contributed by atoms with Crippen LogP contribution in [0.5, 0.6) is 0 Å². The molecule has 4 rings (SSSR count). The number of hydrazine groups is 1. The lowest BCUT2D eigenvalue weighted by atomic mass is 9.99. The molecule has 1 N–H and O–H groups in total. The maximum Gasteiger partial charge on any atom is 0.280 e. The van der Waals surface area contributed by atoms with Gasteiger partial charge in [-0.1, -0.05) is 60.3 Å². The Kier molecular flexibility index (Phi) is 4.76. The second kappa shape index (κ2) is 7.21. The van der Waals surface area contributed by atoms with Crippen LogP contribution in [-0.2, 0) is 10.3 Å². The van der Waals surface area contributed by atoms with Crippen molar-refractivity contribution in [3.8, 4) is 11.1 Å². The van der Waals surface area contributed by atoms with Crippen LogP contribution in [0.3, 0.4) is 0 Å². The average molecular weight is 394 g/mol. The van der Waals surface area contributed by atoms with Gasteiger partial charge in [-0.3, -0.25) is 10.2 Å². The zero-order valence-corrected chi connectivity index (χ0v) is 16.7. The van der Waals surface area contributed by atoms with E-state index in [1.54, 1.807) is 16.3 Å². The van der Waals surface area contributed by atoms with Crippen molar-refractivity contribution in [2.75, 3.05) is 11.7 Å². The zero-order chi connectivity index (χ0) is 18.9. The van der Waals surface area contributed by atoms with E-state index in [4.69, 9.17) is 4.99 Å². The number of amidine groups is 1. The van der Waals surface area contributed by atoms with E-state index >= 15 is 0 Å². The van der Waals surface area contributed by atoms with Gasteiger partial charge in [0.25, 0.3) is 5.91 Å². The van der Waals surface area contributed by atoms with Crippen molar-refractivity contribution in [1.82, 2.24) is 5.01 Å². The number of nitrogens with one attached hydrogen (secondary N) is 1. The Hall–Kier alpha value is -2.57. The number of carbonyl (C=O) groups is 1. The third kappa shape index (κ3) is 3.26. The first-order valence-electron chi connectivity index (χ1n) is 8.56. The average Bonchev–Trinajstić information content (AvgIpc) is 3.30. The number of carbonyl (C=O) groups excluding carboxylic acids is 1. The van der Waals surface area contributed by atoms with Crippen LogP contribution in [0.2, 0.25) is 0 Å². The lowest BCUT2D eigenvalue weighted by molar-refractivity contribution is -0.129. The summed E-state index contributed by atoms with van der Waals surface area (Å²) in [7, 11) is 0. The highest BCUT2D eigenvalue weighted by atomic mass is 32.2. The first-order chi connectivity index (χ1) is 13.1. The number of thiophene rings is 1. The molecule has 0 spiro atoms. The van der Waals surface area contributed by atoms with Crippen molar-refractivity contribution in [3.05, 3.63) is 77.0 Å². The van der Waals surface area contributed by atoms with Crippen molar-refractivity contribution < 1.29 is 4.79 Å². The van der Waals surface area contributed by atoms with Gasteiger partial charge in [0.15, 0.2) is 10.7 Å². The van der Waals surface area contributed by atoms with Gasteiger partial charge in [-0.25, -0.2) is 4.99 Å². The number of aliphatic imine (C=N–C) groups is 1. The van der Waals surface area contributed by atoms with Crippen LogP contribution >= 0.6 is 23.1 Å². The molecule has 3 aromatic rings. The second-order valence-electron chi connectivity index (χ2n) is 6.35. The van der Waals surface area contributed by atoms with E-state index in [1.165, 1.54) is 11.8 Å². The van der Waals surface area contributed by atoms with Crippen molar-refractivity contribution in [2.24, 2.45) is 4.99 Å². The third-order valence-electron chi connectivity index (χ3n) is 4.51. The van der Waals surface area contributed by atoms with Gasteiger partial charge >= 0.3 is 0 Å². The molecule has 1 aromatic heterocycles. The first-order valence-corrected chi connectivity index (χ1v) is 10.7. The number of anilines is 1. The number of hydrogen-bond donors (Lipinski definition) is 1. The summed E-state index contributed by atoms with van der Waals surface area (Å²) in [5.74, 6) is -0.0721. The van der Waals surface area contributed by atoms with Crippen LogP contribution in [0.25, 0.3) is 11.1 Å². The van der Waals surface area contributed by atoms with Gasteiger partial charge in [0.2, 0.25) is 0 Å². The summed E-state index contributed by atoms with van der Waals surface area (Å²) in [6.07, 6.45) is 1.93. The van der Waals surface area contributed by atoms with Crippen LogP contribution in [0.1, 0.15) is 11.8 Å². The Morgan fingerprint density at radius 2 is 1.70 bits per heavy atom. The Morgan fingerprint density at radius 3 is 2.37 bits per heavy atom. The van der Waals surface area contributed by atoms with Crippen LogP contribution in [0.4, 0.5) is 5.69 Å². The van der Waals surface area contributed by atoms with Gasteiger partial charge in [-0.05, 0) is 47.9 Å². The Morgan fingerprint density at radius 1 is 1.04 bits per heavy atom. The molecule has 4 nitrogen and oxygen atoms in total. The van der Waals surface area contributed by atoms with E-state index in [-0.39, 0.29) is 5.91 Å². The highest BCUT2D eigenvalue weighted by Gasteiger charge is 2.47. The minimum atomic E-state index is -0.919. The minimum absolute atomic E-state index is 0.0721. The highest BCUT2D eigenvalue weighted by Crippen LogP contribution is 2.40. The quantitative estimate of drug-likeness (QED) is 0.661. The van der Waals surface area contributed by atoms with Gasteiger partial charge in [-0.15, -0.1) is 11.3 Å². The predicted octanol–water partition coefficient (Wildman–Crippen LogP) is 5.22. The van der Waals surface area contributed by atoms with E-state index in [0.717, 1.165) is 21.7 Å². The molecule has 6 heteroatoms. The lowest BCUT2D eigenvalue weighted by Crippen LogP contribution is -2.41. The van der Waals surface area contributed by atoms with Gasteiger partial charge in [0, 0.05) is 4.88 Å². The zero-order valence-electron chi connectivity index (χ0n) is 15.0. The summed E-state index contributed by atoms with van der Waals surface area (Å²) < 4.78 is 0. The van der Waals surface area contributed by atoms with Crippen LogP contribution < -0.4 is 5.43 Å². The summed E-state index contributed by atoms with van der Waals surface area (Å²) in [6, 6.07) is 21.9. The molecule has 0 aliphatic carbocycles. The molecule has 1 unspecified atom stereocenters. The molecule has 1 aliphatic rings.